The van der Waals surface area contributed by atoms with E-state index in [0.29, 0.717) is 5.56 Å². The van der Waals surface area contributed by atoms with Gasteiger partial charge in [0.2, 0.25) is 5.91 Å². The predicted molar refractivity (Wildman–Crippen MR) is 126 cm³/mol. The molecule has 176 valence electrons. The number of fused-ring (bicyclic) bond motifs is 1. The monoisotopic (exact) mass is 491 g/mol. The Morgan fingerprint density at radius 2 is 2.06 bits per heavy atom. The highest BCUT2D eigenvalue weighted by Crippen LogP contribution is 2.52. The number of nitro benzene ring substituents is 1. The molecule has 11 heteroatoms. The van der Waals surface area contributed by atoms with E-state index in [-0.39, 0.29) is 41.1 Å². The van der Waals surface area contributed by atoms with E-state index >= 15 is 0 Å². The quantitative estimate of drug-likeness (QED) is 0.202. The van der Waals surface area contributed by atoms with Gasteiger partial charge in [-0.2, -0.15) is 0 Å². The van der Waals surface area contributed by atoms with E-state index < -0.39 is 22.9 Å². The molecule has 9 nitrogen and oxygen atoms in total. The fourth-order valence-electron chi connectivity index (χ4n) is 4.68. The summed E-state index contributed by atoms with van der Waals surface area (Å²) in [7, 11) is 1.94. The van der Waals surface area contributed by atoms with Gasteiger partial charge in [-0.25, -0.2) is 4.79 Å². The van der Waals surface area contributed by atoms with Crippen molar-refractivity contribution < 1.29 is 24.4 Å². The van der Waals surface area contributed by atoms with E-state index in [1.807, 2.05) is 18.9 Å². The number of carbonyl (C=O) groups is 2. The minimum Gasteiger partial charge on any atom is -0.456 e. The Balaban J connectivity index is 1.56. The first-order valence-electron chi connectivity index (χ1n) is 10.7. The summed E-state index contributed by atoms with van der Waals surface area (Å²) in [4.78, 5) is 41.5. The fourth-order valence-corrected chi connectivity index (χ4v) is 6.61. The van der Waals surface area contributed by atoms with Crippen LogP contribution in [0.15, 0.2) is 34.9 Å². The topological polar surface area (TPSA) is 113 Å². The summed E-state index contributed by atoms with van der Waals surface area (Å²) in [6.07, 6.45) is -0.0934. The Hall–Kier alpha value is -2.50. The van der Waals surface area contributed by atoms with Crippen molar-refractivity contribution in [3.63, 3.8) is 0 Å². The Bertz CT molecular complexity index is 1040. The molecule has 3 heterocycles. The van der Waals surface area contributed by atoms with Crippen LogP contribution < -0.4 is 0 Å². The maximum absolute atomic E-state index is 13.2. The Morgan fingerprint density at radius 3 is 2.61 bits per heavy atom. The highest BCUT2D eigenvalue weighted by molar-refractivity contribution is 8.03. The fraction of sp³-hybridized carbons (Fsp3) is 0.500. The molecule has 1 aromatic rings. The molecule has 3 aliphatic heterocycles. The zero-order chi connectivity index (χ0) is 24.0. The van der Waals surface area contributed by atoms with E-state index in [1.54, 1.807) is 18.7 Å². The number of aliphatic hydroxyl groups excluding tert-OH is 1. The second-order valence-electron chi connectivity index (χ2n) is 8.68. The first kappa shape index (κ1) is 23.7. The SMILES string of the molecule is C[C@@H](O)[C@H]1C(=O)N2C(C(=O)OCc3ccc([N+](=O)[O-])cc3)=C(S[C@H]3CC(=S)N(C)C3)[C@H](C)[C@H]12. The molecule has 0 spiro atoms. The zero-order valence-corrected chi connectivity index (χ0v) is 20.1. The maximum atomic E-state index is 13.2. The zero-order valence-electron chi connectivity index (χ0n) is 18.5. The number of nitro groups is 1. The summed E-state index contributed by atoms with van der Waals surface area (Å²) in [5, 5.41) is 21.1. The van der Waals surface area contributed by atoms with Crippen LogP contribution in [0, 0.1) is 22.0 Å². The number of thioether (sulfide) groups is 1. The first-order valence-corrected chi connectivity index (χ1v) is 11.9. The van der Waals surface area contributed by atoms with Gasteiger partial charge in [-0.3, -0.25) is 14.9 Å². The number of likely N-dealkylation sites (tertiary alicyclic amines) is 1. The Morgan fingerprint density at radius 1 is 1.39 bits per heavy atom. The van der Waals surface area contributed by atoms with Crippen molar-refractivity contribution >= 4 is 46.5 Å². The van der Waals surface area contributed by atoms with E-state index in [1.165, 1.54) is 29.2 Å². The Kier molecular flexibility index (Phi) is 6.47. The predicted octanol–water partition coefficient (Wildman–Crippen LogP) is 2.47. The molecular weight excluding hydrogens is 466 g/mol. The average Bonchev–Trinajstić information content (AvgIpc) is 3.20. The number of rotatable bonds is 7. The van der Waals surface area contributed by atoms with Crippen LogP contribution in [-0.4, -0.2) is 67.7 Å². The molecule has 2 fully saturated rings. The molecular formula is C22H25N3O6S2. The van der Waals surface area contributed by atoms with Crippen LogP contribution in [0.2, 0.25) is 0 Å². The smallest absolute Gasteiger partial charge is 0.356 e. The minimum atomic E-state index is -0.812. The standard InChI is InChI=1S/C22H25N3O6S2/c1-11-18-17(12(2)26)21(27)24(18)19(20(11)33-15-8-16(32)23(3)9-15)22(28)31-10-13-4-6-14(7-5-13)25(29)30/h4-7,11-12,15,17-18,26H,8-10H2,1-3H3/t11-,12-,15+,17-,18-/m1/s1. The molecule has 1 N–H and O–H groups in total. The molecule has 1 amide bonds. The number of hydrogen-bond donors (Lipinski definition) is 1. The number of amides is 1. The number of aliphatic hydroxyl groups is 1. The van der Waals surface area contributed by atoms with Gasteiger partial charge in [0.15, 0.2) is 0 Å². The number of nitrogens with zero attached hydrogens (tertiary/aromatic N) is 3. The van der Waals surface area contributed by atoms with Crippen molar-refractivity contribution in [1.82, 2.24) is 9.80 Å². The number of carbonyl (C=O) groups excluding carboxylic acids is 2. The summed E-state index contributed by atoms with van der Waals surface area (Å²) >= 11 is 6.94. The van der Waals surface area contributed by atoms with Gasteiger partial charge >= 0.3 is 5.97 Å². The summed E-state index contributed by atoms with van der Waals surface area (Å²) in [5.41, 5.74) is 0.793. The van der Waals surface area contributed by atoms with Crippen LogP contribution >= 0.6 is 24.0 Å². The molecule has 0 radical (unpaired) electrons. The normalized spacial score (nSPS) is 27.5. The lowest BCUT2D eigenvalue weighted by atomic mass is 9.79. The lowest BCUT2D eigenvalue weighted by Gasteiger charge is -2.46. The van der Waals surface area contributed by atoms with Crippen LogP contribution in [0.3, 0.4) is 0 Å². The molecule has 0 bridgehead atoms. The van der Waals surface area contributed by atoms with Crippen LogP contribution in [0.5, 0.6) is 0 Å². The van der Waals surface area contributed by atoms with Gasteiger partial charge in [0.25, 0.3) is 5.69 Å². The minimum absolute atomic E-state index is 0.0475. The number of ether oxygens (including phenoxy) is 1. The van der Waals surface area contributed by atoms with Crippen molar-refractivity contribution in [2.75, 3.05) is 13.6 Å². The van der Waals surface area contributed by atoms with Gasteiger partial charge in [-0.15, -0.1) is 11.8 Å². The number of thiocarbonyl (C=S) groups is 1. The van der Waals surface area contributed by atoms with Crippen molar-refractivity contribution in [1.29, 1.82) is 0 Å². The van der Waals surface area contributed by atoms with Crippen LogP contribution in [-0.2, 0) is 20.9 Å². The van der Waals surface area contributed by atoms with E-state index in [9.17, 15) is 24.8 Å². The summed E-state index contributed by atoms with van der Waals surface area (Å²) < 4.78 is 5.52. The van der Waals surface area contributed by atoms with E-state index in [2.05, 4.69) is 0 Å². The molecule has 33 heavy (non-hydrogen) atoms. The lowest BCUT2D eigenvalue weighted by molar-refractivity contribution is -0.384. The van der Waals surface area contributed by atoms with Gasteiger partial charge < -0.3 is 19.6 Å². The molecule has 1 aromatic carbocycles. The van der Waals surface area contributed by atoms with Crippen LogP contribution in [0.4, 0.5) is 5.69 Å². The third kappa shape index (κ3) is 4.24. The van der Waals surface area contributed by atoms with Gasteiger partial charge in [-0.05, 0) is 24.6 Å². The number of esters is 1. The van der Waals surface area contributed by atoms with Gasteiger partial charge in [0.05, 0.1) is 28.0 Å². The number of benzene rings is 1. The molecule has 3 aliphatic rings. The number of non-ortho nitro benzene ring substituents is 1. The molecule has 5 atom stereocenters. The van der Waals surface area contributed by atoms with Crippen LogP contribution in [0.25, 0.3) is 0 Å². The summed E-state index contributed by atoms with van der Waals surface area (Å²) in [5.74, 6) is -1.56. The van der Waals surface area contributed by atoms with Crippen molar-refractivity contribution in [2.45, 2.75) is 44.3 Å². The third-order valence-corrected chi connectivity index (χ3v) is 8.36. The first-order chi connectivity index (χ1) is 15.6. The second-order valence-corrected chi connectivity index (χ2v) is 10.5. The third-order valence-electron chi connectivity index (χ3n) is 6.42. The molecule has 4 rings (SSSR count). The highest BCUT2D eigenvalue weighted by atomic mass is 32.2. The highest BCUT2D eigenvalue weighted by Gasteiger charge is 2.60. The van der Waals surface area contributed by atoms with Crippen molar-refractivity contribution in [2.24, 2.45) is 11.8 Å². The largest absolute Gasteiger partial charge is 0.456 e. The number of β-lactam (4-membered cyclic amide) rings is 1. The average molecular weight is 492 g/mol. The Labute approximate surface area is 200 Å². The molecule has 0 aliphatic carbocycles. The van der Waals surface area contributed by atoms with Gasteiger partial charge in [0, 0.05) is 48.2 Å². The lowest BCUT2D eigenvalue weighted by Crippen LogP contribution is -2.63. The number of hydrogen-bond acceptors (Lipinski definition) is 8. The van der Waals surface area contributed by atoms with E-state index in [4.69, 9.17) is 17.0 Å². The summed E-state index contributed by atoms with van der Waals surface area (Å²) in [6.45, 7) is 4.24. The van der Waals surface area contributed by atoms with Crippen molar-refractivity contribution in [3.8, 4) is 0 Å². The van der Waals surface area contributed by atoms with Gasteiger partial charge in [-0.1, -0.05) is 19.1 Å². The van der Waals surface area contributed by atoms with Crippen LogP contribution in [0.1, 0.15) is 25.8 Å². The molecule has 2 saturated heterocycles. The second kappa shape index (κ2) is 9.03. The molecule has 0 saturated carbocycles. The maximum Gasteiger partial charge on any atom is 0.356 e. The molecule has 0 aromatic heterocycles. The van der Waals surface area contributed by atoms with Crippen molar-refractivity contribution in [3.05, 3.63) is 50.5 Å². The van der Waals surface area contributed by atoms with E-state index in [0.717, 1.165) is 22.9 Å². The van der Waals surface area contributed by atoms with Gasteiger partial charge in [0.1, 0.15) is 12.3 Å². The summed E-state index contributed by atoms with van der Waals surface area (Å²) in [6, 6.07) is 5.48. The molecule has 0 unspecified atom stereocenters.